The first kappa shape index (κ1) is 21.0. The third-order valence-electron chi connectivity index (χ3n) is 3.62. The Bertz CT molecular complexity index is 703. The molecule has 2 aromatic rings. The van der Waals surface area contributed by atoms with Crippen LogP contribution in [0, 0.1) is 6.92 Å². The fourth-order valence-corrected chi connectivity index (χ4v) is 3.35. The van der Waals surface area contributed by atoms with Crippen molar-refractivity contribution in [1.82, 2.24) is 0 Å². The topological polar surface area (TPSA) is 18.5 Å². The number of rotatable bonds is 8. The van der Waals surface area contributed by atoms with Gasteiger partial charge >= 0.3 is 6.18 Å². The van der Waals surface area contributed by atoms with Crippen LogP contribution in [0.5, 0.6) is 5.75 Å². The number of thioether (sulfide) groups is 1. The summed E-state index contributed by atoms with van der Waals surface area (Å²) in [4.78, 5) is 2.06. The summed E-state index contributed by atoms with van der Waals surface area (Å²) in [5.74, 6) is 1.07. The highest BCUT2D eigenvalue weighted by molar-refractivity contribution is 7.99. The van der Waals surface area contributed by atoms with E-state index in [9.17, 15) is 13.2 Å². The average molecular weight is 403 g/mol. The second kappa shape index (κ2) is 9.58. The van der Waals surface area contributed by atoms with Crippen molar-refractivity contribution < 1.29 is 22.6 Å². The molecule has 0 aliphatic rings. The molecule has 0 aromatic heterocycles. The van der Waals surface area contributed by atoms with Crippen molar-refractivity contribution in [3.8, 4) is 5.75 Å². The normalized spacial score (nSPS) is 12.8. The molecule has 1 atom stereocenters. The summed E-state index contributed by atoms with van der Waals surface area (Å²) in [6.45, 7) is 4.71. The number of ether oxygens (including phenoxy) is 2. The van der Waals surface area contributed by atoms with Crippen molar-refractivity contribution in [2.75, 3.05) is 19.0 Å². The largest absolute Gasteiger partial charge is 0.491 e. The van der Waals surface area contributed by atoms with Crippen LogP contribution in [0.2, 0.25) is 0 Å². The van der Waals surface area contributed by atoms with Crippen LogP contribution in [0.3, 0.4) is 0 Å². The SMILES string of the molecule is CCOC(COc1ccc(C(F)(F)F)cc1)CSc1ccc(S)c(C)c1. The van der Waals surface area contributed by atoms with Gasteiger partial charge in [0.1, 0.15) is 18.5 Å². The van der Waals surface area contributed by atoms with Gasteiger partial charge in [0.15, 0.2) is 0 Å². The van der Waals surface area contributed by atoms with Crippen LogP contribution in [0.25, 0.3) is 0 Å². The van der Waals surface area contributed by atoms with Gasteiger partial charge in [0.25, 0.3) is 0 Å². The molecule has 0 saturated carbocycles. The molecule has 0 heterocycles. The third-order valence-corrected chi connectivity index (χ3v) is 5.25. The van der Waals surface area contributed by atoms with Gasteiger partial charge in [-0.2, -0.15) is 13.2 Å². The Morgan fingerprint density at radius 3 is 2.38 bits per heavy atom. The molecule has 26 heavy (non-hydrogen) atoms. The Kier molecular flexibility index (Phi) is 7.73. The van der Waals surface area contributed by atoms with Crippen LogP contribution in [0.4, 0.5) is 13.2 Å². The first-order chi connectivity index (χ1) is 12.3. The summed E-state index contributed by atoms with van der Waals surface area (Å²) in [6.07, 6.45) is -4.51. The molecule has 0 bridgehead atoms. The van der Waals surface area contributed by atoms with Crippen molar-refractivity contribution in [2.45, 2.75) is 35.9 Å². The second-order valence-electron chi connectivity index (χ2n) is 5.67. The van der Waals surface area contributed by atoms with E-state index in [0.717, 1.165) is 27.5 Å². The van der Waals surface area contributed by atoms with E-state index in [4.69, 9.17) is 9.47 Å². The van der Waals surface area contributed by atoms with E-state index in [-0.39, 0.29) is 12.7 Å². The van der Waals surface area contributed by atoms with Gasteiger partial charge in [-0.3, -0.25) is 0 Å². The van der Waals surface area contributed by atoms with Crippen molar-refractivity contribution in [3.05, 3.63) is 53.6 Å². The molecule has 0 saturated heterocycles. The first-order valence-electron chi connectivity index (χ1n) is 8.13. The quantitative estimate of drug-likeness (QED) is 0.439. The lowest BCUT2D eigenvalue weighted by molar-refractivity contribution is -0.137. The molecule has 0 N–H and O–H groups in total. The van der Waals surface area contributed by atoms with Crippen molar-refractivity contribution in [1.29, 1.82) is 0 Å². The Balaban J connectivity index is 1.90. The van der Waals surface area contributed by atoms with Gasteiger partial charge in [0.2, 0.25) is 0 Å². The number of benzene rings is 2. The van der Waals surface area contributed by atoms with Gasteiger partial charge in [-0.05, 0) is 61.9 Å². The Labute approximate surface area is 161 Å². The van der Waals surface area contributed by atoms with Crippen molar-refractivity contribution in [3.63, 3.8) is 0 Å². The molecule has 0 aliphatic heterocycles. The fourth-order valence-electron chi connectivity index (χ4n) is 2.22. The lowest BCUT2D eigenvalue weighted by atomic mass is 10.2. The summed E-state index contributed by atoms with van der Waals surface area (Å²) in [6, 6.07) is 10.7. The minimum absolute atomic E-state index is 0.164. The highest BCUT2D eigenvalue weighted by Crippen LogP contribution is 2.30. The third kappa shape index (κ3) is 6.45. The van der Waals surface area contributed by atoms with Gasteiger partial charge in [-0.1, -0.05) is 0 Å². The number of halogens is 3. The van der Waals surface area contributed by atoms with E-state index in [1.54, 1.807) is 11.8 Å². The molecule has 1 unspecified atom stereocenters. The van der Waals surface area contributed by atoms with Crippen LogP contribution in [-0.4, -0.2) is 25.1 Å². The van der Waals surface area contributed by atoms with Crippen LogP contribution in [0.1, 0.15) is 18.1 Å². The maximum atomic E-state index is 12.6. The van der Waals surface area contributed by atoms with Gasteiger partial charge in [-0.15, -0.1) is 24.4 Å². The maximum Gasteiger partial charge on any atom is 0.416 e. The molecule has 0 amide bonds. The van der Waals surface area contributed by atoms with Gasteiger partial charge in [0, 0.05) is 22.2 Å². The maximum absolute atomic E-state index is 12.6. The smallest absolute Gasteiger partial charge is 0.416 e. The van der Waals surface area contributed by atoms with Crippen LogP contribution >= 0.6 is 24.4 Å². The zero-order valence-corrected chi connectivity index (χ0v) is 16.3. The highest BCUT2D eigenvalue weighted by atomic mass is 32.2. The zero-order valence-electron chi connectivity index (χ0n) is 14.5. The molecule has 142 valence electrons. The molecule has 0 fully saturated rings. The number of hydrogen-bond acceptors (Lipinski definition) is 4. The average Bonchev–Trinajstić information content (AvgIpc) is 2.60. The predicted molar refractivity (Wildman–Crippen MR) is 102 cm³/mol. The van der Waals surface area contributed by atoms with E-state index < -0.39 is 11.7 Å². The number of hydrogen-bond donors (Lipinski definition) is 1. The summed E-state index contributed by atoms with van der Waals surface area (Å²) < 4.78 is 49.0. The lowest BCUT2D eigenvalue weighted by Crippen LogP contribution is -2.24. The zero-order chi connectivity index (χ0) is 19.2. The van der Waals surface area contributed by atoms with E-state index in [2.05, 4.69) is 18.7 Å². The van der Waals surface area contributed by atoms with Gasteiger partial charge in [-0.25, -0.2) is 0 Å². The summed E-state index contributed by atoms with van der Waals surface area (Å²) in [5, 5.41) is 0. The van der Waals surface area contributed by atoms with Crippen molar-refractivity contribution in [2.24, 2.45) is 0 Å². The first-order valence-corrected chi connectivity index (χ1v) is 9.57. The summed E-state index contributed by atoms with van der Waals surface area (Å²) in [5.41, 5.74) is 0.414. The second-order valence-corrected chi connectivity index (χ2v) is 7.25. The van der Waals surface area contributed by atoms with Crippen LogP contribution in [0.15, 0.2) is 52.3 Å². The van der Waals surface area contributed by atoms with Gasteiger partial charge < -0.3 is 9.47 Å². The lowest BCUT2D eigenvalue weighted by Gasteiger charge is -2.18. The molecule has 2 rings (SSSR count). The van der Waals surface area contributed by atoms with Crippen LogP contribution in [-0.2, 0) is 10.9 Å². The fraction of sp³-hybridized carbons (Fsp3) is 0.368. The highest BCUT2D eigenvalue weighted by Gasteiger charge is 2.30. The Hall–Kier alpha value is -1.31. The van der Waals surface area contributed by atoms with E-state index >= 15 is 0 Å². The molecule has 0 spiro atoms. The minimum atomic E-state index is -4.34. The molecule has 0 radical (unpaired) electrons. The Morgan fingerprint density at radius 1 is 1.12 bits per heavy atom. The molecule has 2 aromatic carbocycles. The number of thiol groups is 1. The monoisotopic (exact) mass is 402 g/mol. The van der Waals surface area contributed by atoms with Gasteiger partial charge in [0.05, 0.1) is 5.56 Å². The predicted octanol–water partition coefficient (Wildman–Crippen LogP) is 5.88. The minimum Gasteiger partial charge on any atom is -0.491 e. The summed E-state index contributed by atoms with van der Waals surface area (Å²) in [7, 11) is 0. The number of aryl methyl sites for hydroxylation is 1. The van der Waals surface area contributed by atoms with E-state index in [1.165, 1.54) is 12.1 Å². The van der Waals surface area contributed by atoms with E-state index in [0.29, 0.717) is 18.1 Å². The molecule has 0 aliphatic carbocycles. The molecular weight excluding hydrogens is 381 g/mol. The molecule has 2 nitrogen and oxygen atoms in total. The van der Waals surface area contributed by atoms with Crippen molar-refractivity contribution >= 4 is 24.4 Å². The summed E-state index contributed by atoms with van der Waals surface area (Å²) >= 11 is 6.01. The van der Waals surface area contributed by atoms with E-state index in [1.807, 2.05) is 26.0 Å². The standard InChI is InChI=1S/C19H21F3O2S2/c1-3-23-16(12-26-17-8-9-18(25)13(2)10-17)11-24-15-6-4-14(5-7-15)19(20,21)22/h4-10,16,25H,3,11-12H2,1-2H3. The molecule has 7 heteroatoms. The number of alkyl halides is 3. The van der Waals surface area contributed by atoms with Crippen LogP contribution < -0.4 is 4.74 Å². The Morgan fingerprint density at radius 2 is 1.81 bits per heavy atom. The molecular formula is C19H21F3O2S2.